The van der Waals surface area contributed by atoms with Crippen molar-refractivity contribution in [3.63, 3.8) is 0 Å². The minimum Gasteiger partial charge on any atom is -0.300 e. The molecule has 0 saturated carbocycles. The molecule has 1 saturated heterocycles. The van der Waals surface area contributed by atoms with Gasteiger partial charge >= 0.3 is 0 Å². The summed E-state index contributed by atoms with van der Waals surface area (Å²) in [6, 6.07) is 0. The maximum atomic E-state index is 12.4. The first-order valence-corrected chi connectivity index (χ1v) is 10.8. The van der Waals surface area contributed by atoms with Crippen molar-refractivity contribution in [2.45, 2.75) is 36.3 Å². The van der Waals surface area contributed by atoms with E-state index in [0.29, 0.717) is 29.8 Å². The fraction of sp³-hybridized carbons (Fsp3) is 0.769. The Kier molecular flexibility index (Phi) is 6.59. The highest BCUT2D eigenvalue weighted by atomic mass is 32.2. The number of carbonyl (C=O) groups excluding carboxylic acids is 1. The summed E-state index contributed by atoms with van der Waals surface area (Å²) in [5.74, 6) is -0.579. The van der Waals surface area contributed by atoms with Crippen molar-refractivity contribution in [2.75, 3.05) is 32.5 Å². The second-order valence-electron chi connectivity index (χ2n) is 6.02. The van der Waals surface area contributed by atoms with E-state index in [9.17, 15) is 13.2 Å². The predicted octanol–water partition coefficient (Wildman–Crippen LogP) is 1.50. The molecule has 1 aliphatic rings. The SMILES string of the molecule is CC(C)Sc1nnc(NC(=O)[C@@H]2CCCN(S(=O)(=O)N(C)C)C2)s1. The molecule has 1 fully saturated rings. The van der Waals surface area contributed by atoms with E-state index in [2.05, 4.69) is 29.4 Å². The van der Waals surface area contributed by atoms with Gasteiger partial charge in [0.2, 0.25) is 11.0 Å². The van der Waals surface area contributed by atoms with E-state index in [4.69, 9.17) is 0 Å². The summed E-state index contributed by atoms with van der Waals surface area (Å²) in [6.45, 7) is 4.76. The number of anilines is 1. The van der Waals surface area contributed by atoms with Crippen LogP contribution in [-0.2, 0) is 15.0 Å². The molecule has 2 rings (SSSR count). The van der Waals surface area contributed by atoms with Crippen LogP contribution in [0.25, 0.3) is 0 Å². The number of carbonyl (C=O) groups is 1. The van der Waals surface area contributed by atoms with Crippen molar-refractivity contribution in [1.29, 1.82) is 0 Å². The van der Waals surface area contributed by atoms with E-state index in [1.165, 1.54) is 34.0 Å². The van der Waals surface area contributed by atoms with Crippen molar-refractivity contribution in [3.8, 4) is 0 Å². The summed E-state index contributed by atoms with van der Waals surface area (Å²) in [5.41, 5.74) is 0. The molecule has 136 valence electrons. The quantitative estimate of drug-likeness (QED) is 0.581. The topological polar surface area (TPSA) is 95.5 Å². The van der Waals surface area contributed by atoms with Crippen LogP contribution >= 0.6 is 23.1 Å². The molecule has 1 amide bonds. The first kappa shape index (κ1) is 19.6. The lowest BCUT2D eigenvalue weighted by atomic mass is 9.99. The van der Waals surface area contributed by atoms with Gasteiger partial charge in [0.05, 0.1) is 5.92 Å². The highest BCUT2D eigenvalue weighted by molar-refractivity contribution is 8.01. The second-order valence-corrected chi connectivity index (χ2v) is 11.0. The molecule has 0 aromatic carbocycles. The first-order valence-electron chi connectivity index (χ1n) is 7.68. The third kappa shape index (κ3) is 4.88. The van der Waals surface area contributed by atoms with Gasteiger partial charge in [-0.3, -0.25) is 4.79 Å². The number of nitrogens with one attached hydrogen (secondary N) is 1. The first-order chi connectivity index (χ1) is 11.2. The van der Waals surface area contributed by atoms with Crippen molar-refractivity contribution in [2.24, 2.45) is 5.92 Å². The molecule has 0 aliphatic carbocycles. The van der Waals surface area contributed by atoms with Crippen LogP contribution in [0.2, 0.25) is 0 Å². The molecule has 24 heavy (non-hydrogen) atoms. The van der Waals surface area contributed by atoms with Crippen molar-refractivity contribution < 1.29 is 13.2 Å². The van der Waals surface area contributed by atoms with Crippen molar-refractivity contribution >= 4 is 44.3 Å². The Labute approximate surface area is 151 Å². The summed E-state index contributed by atoms with van der Waals surface area (Å²) >= 11 is 2.92. The number of hydrogen-bond donors (Lipinski definition) is 1. The maximum absolute atomic E-state index is 12.4. The average molecular weight is 394 g/mol. The van der Waals surface area contributed by atoms with Gasteiger partial charge in [0.1, 0.15) is 0 Å². The van der Waals surface area contributed by atoms with Gasteiger partial charge in [0, 0.05) is 32.4 Å². The van der Waals surface area contributed by atoms with E-state index >= 15 is 0 Å². The second kappa shape index (κ2) is 8.09. The normalized spacial score (nSPS) is 19.8. The number of aromatic nitrogens is 2. The Morgan fingerprint density at radius 3 is 2.75 bits per heavy atom. The monoisotopic (exact) mass is 393 g/mol. The number of amides is 1. The number of thioether (sulfide) groups is 1. The number of rotatable bonds is 6. The maximum Gasteiger partial charge on any atom is 0.281 e. The lowest BCUT2D eigenvalue weighted by molar-refractivity contribution is -0.120. The molecule has 1 atom stereocenters. The molecule has 1 aliphatic heterocycles. The van der Waals surface area contributed by atoms with Crippen LogP contribution in [0.15, 0.2) is 4.34 Å². The molecule has 0 spiro atoms. The van der Waals surface area contributed by atoms with Gasteiger partial charge < -0.3 is 5.32 Å². The third-order valence-electron chi connectivity index (χ3n) is 3.52. The zero-order valence-corrected chi connectivity index (χ0v) is 16.7. The van der Waals surface area contributed by atoms with Crippen LogP contribution in [0.5, 0.6) is 0 Å². The summed E-state index contributed by atoms with van der Waals surface area (Å²) in [4.78, 5) is 12.4. The molecule has 8 nitrogen and oxygen atoms in total. The largest absolute Gasteiger partial charge is 0.300 e. The van der Waals surface area contributed by atoms with Gasteiger partial charge in [-0.1, -0.05) is 36.9 Å². The zero-order chi connectivity index (χ0) is 17.9. The molecule has 11 heteroatoms. The summed E-state index contributed by atoms with van der Waals surface area (Å²) < 4.78 is 27.8. The third-order valence-corrected chi connectivity index (χ3v) is 7.35. The molecule has 1 aromatic rings. The lowest BCUT2D eigenvalue weighted by Crippen LogP contribution is -2.47. The predicted molar refractivity (Wildman–Crippen MR) is 96.4 cm³/mol. The lowest BCUT2D eigenvalue weighted by Gasteiger charge is -2.32. The average Bonchev–Trinajstić information content (AvgIpc) is 2.93. The van der Waals surface area contributed by atoms with Gasteiger partial charge in [-0.25, -0.2) is 0 Å². The molecular formula is C13H23N5O3S3. The summed E-state index contributed by atoms with van der Waals surface area (Å²) in [6.07, 6.45) is 1.33. The van der Waals surface area contributed by atoms with Gasteiger partial charge in [-0.2, -0.15) is 17.0 Å². The van der Waals surface area contributed by atoms with Crippen LogP contribution in [0, 0.1) is 5.92 Å². The molecule has 0 unspecified atom stereocenters. The van der Waals surface area contributed by atoms with Gasteiger partial charge in [-0.05, 0) is 12.8 Å². The van der Waals surface area contributed by atoms with Crippen molar-refractivity contribution in [1.82, 2.24) is 18.8 Å². The zero-order valence-electron chi connectivity index (χ0n) is 14.2. The fourth-order valence-corrected chi connectivity index (χ4v) is 5.48. The Balaban J connectivity index is 1.98. The smallest absolute Gasteiger partial charge is 0.281 e. The minimum absolute atomic E-state index is 0.193. The van der Waals surface area contributed by atoms with Crippen molar-refractivity contribution in [3.05, 3.63) is 0 Å². The van der Waals surface area contributed by atoms with Crippen LogP contribution < -0.4 is 5.32 Å². The molecule has 1 N–H and O–H groups in total. The highest BCUT2D eigenvalue weighted by Gasteiger charge is 2.33. The molecular weight excluding hydrogens is 370 g/mol. The highest BCUT2D eigenvalue weighted by Crippen LogP contribution is 2.29. The Morgan fingerprint density at radius 2 is 2.12 bits per heavy atom. The van der Waals surface area contributed by atoms with Crippen LogP contribution in [0.4, 0.5) is 5.13 Å². The Bertz CT molecular complexity index is 674. The molecule has 0 bridgehead atoms. The Morgan fingerprint density at radius 1 is 1.42 bits per heavy atom. The Hall–Kier alpha value is -0.750. The molecule has 0 radical (unpaired) electrons. The van der Waals surface area contributed by atoms with Crippen LogP contribution in [0.1, 0.15) is 26.7 Å². The van der Waals surface area contributed by atoms with Gasteiger partial charge in [-0.15, -0.1) is 10.2 Å². The van der Waals surface area contributed by atoms with Gasteiger partial charge in [0.15, 0.2) is 4.34 Å². The number of piperidine rings is 1. The van der Waals surface area contributed by atoms with E-state index in [-0.39, 0.29) is 18.4 Å². The summed E-state index contributed by atoms with van der Waals surface area (Å²) in [5, 5.41) is 11.6. The fourth-order valence-electron chi connectivity index (χ4n) is 2.31. The van der Waals surface area contributed by atoms with E-state index < -0.39 is 10.2 Å². The molecule has 2 heterocycles. The van der Waals surface area contributed by atoms with Crippen LogP contribution in [-0.4, -0.2) is 65.6 Å². The van der Waals surface area contributed by atoms with E-state index in [0.717, 1.165) is 4.34 Å². The minimum atomic E-state index is -3.49. The van der Waals surface area contributed by atoms with E-state index in [1.807, 2.05) is 0 Å². The summed E-state index contributed by atoms with van der Waals surface area (Å²) in [7, 11) is -0.502. The van der Waals surface area contributed by atoms with Gasteiger partial charge in [0.25, 0.3) is 10.2 Å². The number of hydrogen-bond acceptors (Lipinski definition) is 7. The number of nitrogens with zero attached hydrogens (tertiary/aromatic N) is 4. The van der Waals surface area contributed by atoms with E-state index in [1.54, 1.807) is 11.8 Å². The van der Waals surface area contributed by atoms with Crippen LogP contribution in [0.3, 0.4) is 0 Å². The standard InChI is InChI=1S/C13H23N5O3S3/c1-9(2)22-13-16-15-12(23-13)14-11(19)10-6-5-7-18(8-10)24(20,21)17(3)4/h9-10H,5-8H2,1-4H3,(H,14,15,19)/t10-/m1/s1. The molecule has 1 aromatic heterocycles.